The molecule has 0 fully saturated rings. The molecule has 1 aliphatic heterocycles. The van der Waals surface area contributed by atoms with E-state index in [4.69, 9.17) is 14.2 Å². The molecule has 218 valence electrons. The van der Waals surface area contributed by atoms with Gasteiger partial charge in [-0.05, 0) is 24.5 Å². The Bertz CT molecular complexity index is 711. The number of unbranched alkanes of at least 4 members (excludes halogenated alkanes) is 13. The van der Waals surface area contributed by atoms with Crippen LogP contribution in [-0.2, 0) is 27.4 Å². The van der Waals surface area contributed by atoms with Crippen LogP contribution in [-0.4, -0.2) is 56.0 Å². The first-order chi connectivity index (χ1) is 18.7. The second kappa shape index (κ2) is 22.3. The van der Waals surface area contributed by atoms with E-state index in [-0.39, 0.29) is 6.10 Å². The van der Waals surface area contributed by atoms with E-state index >= 15 is 0 Å². The number of hydrogen-bond donors (Lipinski definition) is 0. The van der Waals surface area contributed by atoms with Crippen molar-refractivity contribution in [1.82, 2.24) is 9.80 Å². The minimum Gasteiger partial charge on any atom is -0.379 e. The molecule has 1 aliphatic rings. The van der Waals surface area contributed by atoms with E-state index in [1.807, 2.05) is 6.92 Å². The van der Waals surface area contributed by atoms with Gasteiger partial charge in [0.1, 0.15) is 6.10 Å². The molecule has 5 heteroatoms. The Balaban J connectivity index is 1.46. The summed E-state index contributed by atoms with van der Waals surface area (Å²) in [5.74, 6) is 0. The van der Waals surface area contributed by atoms with Crippen molar-refractivity contribution in [3.05, 3.63) is 47.8 Å². The molecule has 5 nitrogen and oxygen atoms in total. The SMILES string of the molecule is CCCCCCCCCCCCCCCCOCC(COCc1ccccc1CN1C=CN(C)C1)OCC. The zero-order chi connectivity index (χ0) is 27.1. The molecule has 2 rings (SSSR count). The monoisotopic (exact) mass is 530 g/mol. The fraction of sp³-hybridized carbons (Fsp3) is 0.758. The van der Waals surface area contributed by atoms with Crippen LogP contribution in [0.4, 0.5) is 0 Å². The number of benzene rings is 1. The molecule has 0 saturated heterocycles. The lowest BCUT2D eigenvalue weighted by atomic mass is 10.0. The lowest BCUT2D eigenvalue weighted by Gasteiger charge is -2.21. The summed E-state index contributed by atoms with van der Waals surface area (Å²) < 4.78 is 17.9. The molecule has 0 aromatic heterocycles. The van der Waals surface area contributed by atoms with Crippen LogP contribution in [0, 0.1) is 0 Å². The first-order valence-electron chi connectivity index (χ1n) is 15.7. The molecule has 0 spiro atoms. The van der Waals surface area contributed by atoms with Crippen molar-refractivity contribution in [3.8, 4) is 0 Å². The van der Waals surface area contributed by atoms with Gasteiger partial charge in [0, 0.05) is 39.2 Å². The second-order valence-corrected chi connectivity index (χ2v) is 11.0. The lowest BCUT2D eigenvalue weighted by Crippen LogP contribution is -2.26. The Hall–Kier alpha value is -1.56. The van der Waals surface area contributed by atoms with Crippen molar-refractivity contribution in [2.45, 2.75) is 123 Å². The smallest absolute Gasteiger partial charge is 0.104 e. The topological polar surface area (TPSA) is 34.2 Å². The van der Waals surface area contributed by atoms with E-state index < -0.39 is 0 Å². The van der Waals surface area contributed by atoms with Crippen molar-refractivity contribution in [1.29, 1.82) is 0 Å². The van der Waals surface area contributed by atoms with Crippen LogP contribution in [0.25, 0.3) is 0 Å². The maximum absolute atomic E-state index is 6.09. The van der Waals surface area contributed by atoms with Crippen molar-refractivity contribution in [3.63, 3.8) is 0 Å². The molecule has 1 heterocycles. The molecule has 1 unspecified atom stereocenters. The van der Waals surface area contributed by atoms with Crippen LogP contribution in [0.3, 0.4) is 0 Å². The van der Waals surface area contributed by atoms with Crippen LogP contribution in [0.2, 0.25) is 0 Å². The van der Waals surface area contributed by atoms with Crippen molar-refractivity contribution in [2.24, 2.45) is 0 Å². The standard InChI is InChI=1S/C33H58N2O3/c1-4-6-7-8-9-10-11-12-13-14-15-16-17-20-25-36-28-33(38-5-2)29-37-27-32-22-19-18-21-31(32)26-35-24-23-34(3)30-35/h18-19,21-24,33H,4-17,20,25-30H2,1-3H3. The summed E-state index contributed by atoms with van der Waals surface area (Å²) in [5.41, 5.74) is 2.56. The fourth-order valence-electron chi connectivity index (χ4n) is 5.06. The minimum atomic E-state index is -0.00558. The van der Waals surface area contributed by atoms with Crippen LogP contribution >= 0.6 is 0 Å². The predicted octanol–water partition coefficient (Wildman–Crippen LogP) is 8.28. The maximum atomic E-state index is 6.09. The molecule has 0 amide bonds. The van der Waals surface area contributed by atoms with Crippen LogP contribution in [0.15, 0.2) is 36.7 Å². The van der Waals surface area contributed by atoms with E-state index in [0.717, 1.165) is 26.2 Å². The molecule has 1 atom stereocenters. The molecule has 0 N–H and O–H groups in total. The van der Waals surface area contributed by atoms with E-state index in [0.29, 0.717) is 26.4 Å². The summed E-state index contributed by atoms with van der Waals surface area (Å²) in [6, 6.07) is 8.56. The van der Waals surface area contributed by atoms with E-state index in [1.165, 1.54) is 94.6 Å². The van der Waals surface area contributed by atoms with Gasteiger partial charge in [-0.3, -0.25) is 0 Å². The zero-order valence-electron chi connectivity index (χ0n) is 25.0. The van der Waals surface area contributed by atoms with Gasteiger partial charge < -0.3 is 24.0 Å². The fourth-order valence-corrected chi connectivity index (χ4v) is 5.06. The average molecular weight is 531 g/mol. The molecule has 38 heavy (non-hydrogen) atoms. The van der Waals surface area contributed by atoms with Crippen molar-refractivity contribution < 1.29 is 14.2 Å². The molecule has 1 aromatic carbocycles. The van der Waals surface area contributed by atoms with Crippen molar-refractivity contribution in [2.75, 3.05) is 40.1 Å². The van der Waals surface area contributed by atoms with Gasteiger partial charge in [-0.2, -0.15) is 0 Å². The van der Waals surface area contributed by atoms with E-state index in [2.05, 4.69) is 60.4 Å². The number of rotatable bonds is 25. The quantitative estimate of drug-likeness (QED) is 0.119. The van der Waals surface area contributed by atoms with E-state index in [9.17, 15) is 0 Å². The van der Waals surface area contributed by atoms with Gasteiger partial charge in [-0.15, -0.1) is 0 Å². The highest BCUT2D eigenvalue weighted by Gasteiger charge is 2.13. The molecule has 1 aromatic rings. The number of ether oxygens (including phenoxy) is 3. The Morgan fingerprint density at radius 2 is 1.29 bits per heavy atom. The van der Waals surface area contributed by atoms with Gasteiger partial charge >= 0.3 is 0 Å². The summed E-state index contributed by atoms with van der Waals surface area (Å²) in [7, 11) is 2.10. The lowest BCUT2D eigenvalue weighted by molar-refractivity contribution is -0.0602. The molecule has 0 saturated carbocycles. The Morgan fingerprint density at radius 1 is 0.711 bits per heavy atom. The predicted molar refractivity (Wildman–Crippen MR) is 160 cm³/mol. The molecule has 0 aliphatic carbocycles. The summed E-state index contributed by atoms with van der Waals surface area (Å²) in [6.07, 6.45) is 23.6. The Kier molecular flexibility index (Phi) is 19.1. The van der Waals surface area contributed by atoms with Crippen LogP contribution < -0.4 is 0 Å². The minimum absolute atomic E-state index is 0.00558. The Labute approximate surface area is 234 Å². The third-order valence-corrected chi connectivity index (χ3v) is 7.34. The van der Waals surface area contributed by atoms with Gasteiger partial charge in [-0.25, -0.2) is 0 Å². The van der Waals surface area contributed by atoms with Gasteiger partial charge in [0.25, 0.3) is 0 Å². The highest BCUT2D eigenvalue weighted by atomic mass is 16.6. The largest absolute Gasteiger partial charge is 0.379 e. The number of hydrogen-bond acceptors (Lipinski definition) is 5. The molecular formula is C33H58N2O3. The van der Waals surface area contributed by atoms with Gasteiger partial charge in [0.2, 0.25) is 0 Å². The van der Waals surface area contributed by atoms with Crippen LogP contribution in [0.5, 0.6) is 0 Å². The highest BCUT2D eigenvalue weighted by Crippen LogP contribution is 2.16. The van der Waals surface area contributed by atoms with Gasteiger partial charge in [0.05, 0.1) is 26.5 Å². The second-order valence-electron chi connectivity index (χ2n) is 11.0. The van der Waals surface area contributed by atoms with E-state index in [1.54, 1.807) is 0 Å². The normalized spacial score (nSPS) is 14.1. The third kappa shape index (κ3) is 15.8. The van der Waals surface area contributed by atoms with Gasteiger partial charge in [-0.1, -0.05) is 115 Å². The first-order valence-corrected chi connectivity index (χ1v) is 15.7. The Morgan fingerprint density at radius 3 is 1.87 bits per heavy atom. The third-order valence-electron chi connectivity index (χ3n) is 7.34. The summed E-state index contributed by atoms with van der Waals surface area (Å²) in [5, 5.41) is 0. The first kappa shape index (κ1) is 32.7. The summed E-state index contributed by atoms with van der Waals surface area (Å²) in [6.45, 7) is 9.44. The molecular weight excluding hydrogens is 472 g/mol. The number of nitrogens with zero attached hydrogens (tertiary/aromatic N) is 2. The van der Waals surface area contributed by atoms with Crippen LogP contribution in [0.1, 0.15) is 115 Å². The van der Waals surface area contributed by atoms with Gasteiger partial charge in [0.15, 0.2) is 0 Å². The molecule has 0 radical (unpaired) electrons. The maximum Gasteiger partial charge on any atom is 0.104 e. The van der Waals surface area contributed by atoms with Crippen molar-refractivity contribution >= 4 is 0 Å². The highest BCUT2D eigenvalue weighted by molar-refractivity contribution is 5.26. The zero-order valence-corrected chi connectivity index (χ0v) is 25.0. The summed E-state index contributed by atoms with van der Waals surface area (Å²) >= 11 is 0. The average Bonchev–Trinajstić information content (AvgIpc) is 3.33. The summed E-state index contributed by atoms with van der Waals surface area (Å²) in [4.78, 5) is 4.50. The molecule has 0 bridgehead atoms.